The summed E-state index contributed by atoms with van der Waals surface area (Å²) in [5.74, 6) is -1.37. The smallest absolute Gasteiger partial charge is 0.223 e. The Bertz CT molecular complexity index is 752. The summed E-state index contributed by atoms with van der Waals surface area (Å²) in [6.45, 7) is 0.916. The molecule has 0 unspecified atom stereocenters. The van der Waals surface area contributed by atoms with Crippen molar-refractivity contribution in [3.05, 3.63) is 71.3 Å². The van der Waals surface area contributed by atoms with Crippen molar-refractivity contribution >= 4 is 11.8 Å². The molecule has 29 heavy (non-hydrogen) atoms. The number of hydrogen-bond donors (Lipinski definition) is 2. The third kappa shape index (κ3) is 6.11. The first-order valence-corrected chi connectivity index (χ1v) is 10.1. The molecule has 0 saturated heterocycles. The van der Waals surface area contributed by atoms with E-state index in [4.69, 9.17) is 0 Å². The summed E-state index contributed by atoms with van der Waals surface area (Å²) in [4.78, 5) is 25.1. The largest absolute Gasteiger partial charge is 0.356 e. The van der Waals surface area contributed by atoms with Gasteiger partial charge in [-0.2, -0.15) is 0 Å². The van der Waals surface area contributed by atoms with Crippen molar-refractivity contribution in [1.82, 2.24) is 10.6 Å². The molecule has 154 valence electrons. The van der Waals surface area contributed by atoms with Gasteiger partial charge in [0.15, 0.2) is 0 Å². The van der Waals surface area contributed by atoms with Gasteiger partial charge in [-0.15, -0.1) is 0 Å². The van der Waals surface area contributed by atoms with E-state index in [1.54, 1.807) is 24.3 Å². The molecule has 3 rings (SSSR count). The molecular formula is C23H26F2N2O2. The number of amides is 2. The predicted molar refractivity (Wildman–Crippen MR) is 107 cm³/mol. The highest BCUT2D eigenvalue weighted by Crippen LogP contribution is 2.32. The summed E-state index contributed by atoms with van der Waals surface area (Å²) in [6, 6.07) is 12.4. The Morgan fingerprint density at radius 3 is 1.48 bits per heavy atom. The van der Waals surface area contributed by atoms with Crippen molar-refractivity contribution < 1.29 is 18.4 Å². The van der Waals surface area contributed by atoms with Crippen LogP contribution in [-0.2, 0) is 22.4 Å². The van der Waals surface area contributed by atoms with Crippen LogP contribution in [0.5, 0.6) is 0 Å². The summed E-state index contributed by atoms with van der Waals surface area (Å²) in [7, 11) is 0. The molecule has 0 heterocycles. The number of carbonyl (C=O) groups excluding carboxylic acids is 2. The molecule has 2 N–H and O–H groups in total. The number of benzene rings is 2. The lowest BCUT2D eigenvalue weighted by Gasteiger charge is -2.19. The highest BCUT2D eigenvalue weighted by molar-refractivity contribution is 5.88. The molecule has 0 spiro atoms. The Kier molecular flexibility index (Phi) is 7.33. The van der Waals surface area contributed by atoms with Crippen molar-refractivity contribution in [2.75, 3.05) is 13.1 Å². The Morgan fingerprint density at radius 2 is 1.10 bits per heavy atom. The Labute approximate surface area is 169 Å². The third-order valence-electron chi connectivity index (χ3n) is 5.44. The molecule has 0 radical (unpaired) electrons. The summed E-state index contributed by atoms with van der Waals surface area (Å²) in [5, 5.41) is 5.82. The number of rotatable bonds is 8. The van der Waals surface area contributed by atoms with Crippen LogP contribution >= 0.6 is 0 Å². The number of hydrogen-bond acceptors (Lipinski definition) is 2. The Balaban J connectivity index is 1.42. The van der Waals surface area contributed by atoms with Crippen LogP contribution in [0.4, 0.5) is 8.78 Å². The summed E-state index contributed by atoms with van der Waals surface area (Å²) >= 11 is 0. The molecule has 2 atom stereocenters. The highest BCUT2D eigenvalue weighted by atomic mass is 19.1. The van der Waals surface area contributed by atoms with E-state index < -0.39 is 0 Å². The third-order valence-corrected chi connectivity index (χ3v) is 5.44. The molecule has 6 heteroatoms. The minimum absolute atomic E-state index is 0.0942. The van der Waals surface area contributed by atoms with Crippen LogP contribution in [0.2, 0.25) is 0 Å². The zero-order valence-electron chi connectivity index (χ0n) is 16.3. The van der Waals surface area contributed by atoms with Crippen molar-refractivity contribution in [2.24, 2.45) is 11.8 Å². The molecule has 1 fully saturated rings. The molecule has 0 aromatic heterocycles. The van der Waals surface area contributed by atoms with Crippen molar-refractivity contribution in [1.29, 1.82) is 0 Å². The Morgan fingerprint density at radius 1 is 0.724 bits per heavy atom. The first kappa shape index (κ1) is 21.0. The van der Waals surface area contributed by atoms with Gasteiger partial charge in [-0.05, 0) is 61.1 Å². The fraction of sp³-hybridized carbons (Fsp3) is 0.391. The van der Waals surface area contributed by atoms with Gasteiger partial charge < -0.3 is 10.6 Å². The topological polar surface area (TPSA) is 58.2 Å². The number of nitrogens with one attached hydrogen (secondary N) is 2. The molecule has 0 bridgehead atoms. The molecule has 2 aromatic rings. The van der Waals surface area contributed by atoms with Gasteiger partial charge in [0.1, 0.15) is 11.6 Å². The van der Waals surface area contributed by atoms with Gasteiger partial charge in [-0.3, -0.25) is 9.59 Å². The molecule has 1 aliphatic rings. The van der Waals surface area contributed by atoms with E-state index in [0.717, 1.165) is 17.5 Å². The second-order valence-electron chi connectivity index (χ2n) is 7.48. The van der Waals surface area contributed by atoms with Crippen LogP contribution in [0.15, 0.2) is 48.5 Å². The van der Waals surface area contributed by atoms with Crippen LogP contribution in [-0.4, -0.2) is 24.9 Å². The normalized spacial score (nSPS) is 18.4. The lowest BCUT2D eigenvalue weighted by Crippen LogP contribution is -2.40. The zero-order chi connectivity index (χ0) is 20.6. The van der Waals surface area contributed by atoms with Crippen LogP contribution in [0.3, 0.4) is 0 Å². The molecular weight excluding hydrogens is 374 g/mol. The van der Waals surface area contributed by atoms with E-state index in [1.807, 2.05) is 0 Å². The molecule has 1 aliphatic carbocycles. The van der Waals surface area contributed by atoms with Crippen LogP contribution in [0.1, 0.15) is 30.4 Å². The number of halogens is 2. The maximum absolute atomic E-state index is 12.9. The lowest BCUT2D eigenvalue weighted by molar-refractivity contribution is -0.133. The minimum Gasteiger partial charge on any atom is -0.356 e. The van der Waals surface area contributed by atoms with E-state index in [9.17, 15) is 18.4 Å². The summed E-state index contributed by atoms with van der Waals surface area (Å²) < 4.78 is 25.9. The minimum atomic E-state index is -0.311. The maximum atomic E-state index is 12.9. The average Bonchev–Trinajstić information content (AvgIpc) is 3.21. The second-order valence-corrected chi connectivity index (χ2v) is 7.48. The van der Waals surface area contributed by atoms with Gasteiger partial charge in [0.2, 0.25) is 11.8 Å². The van der Waals surface area contributed by atoms with E-state index >= 15 is 0 Å². The average molecular weight is 400 g/mol. The molecule has 1 saturated carbocycles. The van der Waals surface area contributed by atoms with Crippen molar-refractivity contribution in [3.8, 4) is 0 Å². The SMILES string of the molecule is O=C(NCCc1ccc(F)cc1)[C@@H]1CCC[C@H]1C(=O)NCCc1ccc(F)cc1. The Hall–Kier alpha value is -2.76. The highest BCUT2D eigenvalue weighted by Gasteiger charge is 2.37. The maximum Gasteiger partial charge on any atom is 0.223 e. The van der Waals surface area contributed by atoms with Crippen LogP contribution in [0.25, 0.3) is 0 Å². The van der Waals surface area contributed by atoms with Gasteiger partial charge in [0.25, 0.3) is 0 Å². The van der Waals surface area contributed by atoms with Gasteiger partial charge in [0, 0.05) is 24.9 Å². The standard InChI is InChI=1S/C23H26F2N2O2/c24-18-8-4-16(5-9-18)12-14-26-22(28)20-2-1-3-21(20)23(29)27-15-13-17-6-10-19(25)11-7-17/h4-11,20-21H,1-3,12-15H2,(H,26,28)(H,27,29)/t20-,21-/m1/s1. The fourth-order valence-electron chi connectivity index (χ4n) is 3.81. The second kappa shape index (κ2) is 10.1. The van der Waals surface area contributed by atoms with Crippen molar-refractivity contribution in [2.45, 2.75) is 32.1 Å². The van der Waals surface area contributed by atoms with Crippen LogP contribution in [0, 0.1) is 23.5 Å². The molecule has 0 aliphatic heterocycles. The molecule has 2 amide bonds. The summed E-state index contributed by atoms with van der Waals surface area (Å²) in [6.07, 6.45) is 3.50. The monoisotopic (exact) mass is 400 g/mol. The van der Waals surface area contributed by atoms with Gasteiger partial charge in [0.05, 0.1) is 0 Å². The van der Waals surface area contributed by atoms with Crippen molar-refractivity contribution in [3.63, 3.8) is 0 Å². The first-order chi connectivity index (χ1) is 14.0. The lowest BCUT2D eigenvalue weighted by atomic mass is 9.94. The van der Waals surface area contributed by atoms with Gasteiger partial charge >= 0.3 is 0 Å². The quantitative estimate of drug-likeness (QED) is 0.714. The molecule has 2 aromatic carbocycles. The summed E-state index contributed by atoms with van der Waals surface area (Å²) in [5.41, 5.74) is 1.90. The fourth-order valence-corrected chi connectivity index (χ4v) is 3.81. The zero-order valence-corrected chi connectivity index (χ0v) is 16.3. The van der Waals surface area contributed by atoms with Crippen LogP contribution < -0.4 is 10.6 Å². The predicted octanol–water partition coefficient (Wildman–Crippen LogP) is 3.40. The van der Waals surface area contributed by atoms with Gasteiger partial charge in [-0.1, -0.05) is 30.7 Å². The van der Waals surface area contributed by atoms with E-state index in [0.29, 0.717) is 38.8 Å². The van der Waals surface area contributed by atoms with E-state index in [1.165, 1.54) is 24.3 Å². The molecule has 4 nitrogen and oxygen atoms in total. The first-order valence-electron chi connectivity index (χ1n) is 10.1. The van der Waals surface area contributed by atoms with Gasteiger partial charge in [-0.25, -0.2) is 8.78 Å². The van der Waals surface area contributed by atoms with E-state index in [-0.39, 0.29) is 35.3 Å². The van der Waals surface area contributed by atoms with E-state index in [2.05, 4.69) is 10.6 Å². The number of carbonyl (C=O) groups is 2.